The fourth-order valence-electron chi connectivity index (χ4n) is 4.37. The Morgan fingerprint density at radius 3 is 2.49 bits per heavy atom. The number of rotatable bonds is 5. The van der Waals surface area contributed by atoms with Crippen molar-refractivity contribution in [2.24, 2.45) is 0 Å². The maximum absolute atomic E-state index is 13.9. The van der Waals surface area contributed by atoms with Crippen LogP contribution in [-0.2, 0) is 13.1 Å². The van der Waals surface area contributed by atoms with E-state index in [1.54, 1.807) is 28.4 Å². The van der Waals surface area contributed by atoms with Crippen molar-refractivity contribution in [2.75, 3.05) is 0 Å². The summed E-state index contributed by atoms with van der Waals surface area (Å²) in [4.78, 5) is 31.9. The summed E-state index contributed by atoms with van der Waals surface area (Å²) in [6, 6.07) is 22.8. The Balaban J connectivity index is 1.62. The predicted octanol–water partition coefficient (Wildman–Crippen LogP) is 3.76. The minimum Gasteiger partial charge on any atom is -0.306 e. The van der Waals surface area contributed by atoms with E-state index < -0.39 is 0 Å². The molecule has 0 N–H and O–H groups in total. The smallest absolute Gasteiger partial charge is 0.283 e. The Hall–Kier alpha value is -4.37. The third kappa shape index (κ3) is 3.66. The van der Waals surface area contributed by atoms with Gasteiger partial charge < -0.3 is 4.57 Å². The Kier molecular flexibility index (Phi) is 5.11. The molecule has 0 fully saturated rings. The summed E-state index contributed by atoms with van der Waals surface area (Å²) in [6.45, 7) is 2.46. The summed E-state index contributed by atoms with van der Waals surface area (Å²) in [5.41, 5.74) is 3.24. The zero-order chi connectivity index (χ0) is 23.9. The highest BCUT2D eigenvalue weighted by Crippen LogP contribution is 2.26. The molecule has 0 bridgehead atoms. The van der Waals surface area contributed by atoms with Gasteiger partial charge in [-0.1, -0.05) is 53.8 Å². The second-order valence-electron chi connectivity index (χ2n) is 8.25. The molecule has 0 aliphatic carbocycles. The van der Waals surface area contributed by atoms with E-state index in [1.165, 1.54) is 17.4 Å². The van der Waals surface area contributed by atoms with Crippen LogP contribution in [0.1, 0.15) is 17.0 Å². The number of fused-ring (bicyclic) bond motifs is 2. The van der Waals surface area contributed by atoms with Crippen LogP contribution in [0.2, 0.25) is 0 Å². The van der Waals surface area contributed by atoms with Crippen LogP contribution < -0.4 is 11.1 Å². The molecule has 0 radical (unpaired) electrons. The van der Waals surface area contributed by atoms with E-state index in [9.17, 15) is 9.59 Å². The van der Waals surface area contributed by atoms with Crippen LogP contribution in [-0.4, -0.2) is 29.1 Å². The fourth-order valence-corrected chi connectivity index (χ4v) is 5.35. The first-order chi connectivity index (χ1) is 17.1. The lowest BCUT2D eigenvalue weighted by Gasteiger charge is -2.12. The van der Waals surface area contributed by atoms with Crippen molar-refractivity contribution in [1.82, 2.24) is 29.1 Å². The zero-order valence-electron chi connectivity index (χ0n) is 18.8. The molecule has 0 aliphatic heterocycles. The SMILES string of the molecule is Cc1c2c(=O)n(-c3nc4ccccc4s3)n(Cc3ccccc3)c2cc(=O)n1Cc1cccnn1. The maximum atomic E-state index is 13.9. The normalized spacial score (nSPS) is 11.5. The lowest BCUT2D eigenvalue weighted by Crippen LogP contribution is -2.24. The van der Waals surface area contributed by atoms with Gasteiger partial charge in [0.1, 0.15) is 0 Å². The van der Waals surface area contributed by atoms with Gasteiger partial charge in [0.05, 0.1) is 39.9 Å². The van der Waals surface area contributed by atoms with Gasteiger partial charge in [0.15, 0.2) is 0 Å². The molecule has 8 nitrogen and oxygen atoms in total. The molecule has 0 amide bonds. The first-order valence-corrected chi connectivity index (χ1v) is 11.9. The summed E-state index contributed by atoms with van der Waals surface area (Å²) in [5, 5.41) is 9.06. The van der Waals surface area contributed by atoms with Crippen LogP contribution in [0.25, 0.3) is 26.3 Å². The van der Waals surface area contributed by atoms with Gasteiger partial charge in [0.25, 0.3) is 11.1 Å². The molecular weight excluding hydrogens is 460 g/mol. The first kappa shape index (κ1) is 21.2. The number of pyridine rings is 1. The average Bonchev–Trinajstić information content (AvgIpc) is 3.41. The number of hydrogen-bond acceptors (Lipinski definition) is 6. The van der Waals surface area contributed by atoms with E-state index in [-0.39, 0.29) is 17.7 Å². The molecule has 35 heavy (non-hydrogen) atoms. The Bertz CT molecular complexity index is 1770. The van der Waals surface area contributed by atoms with Crippen LogP contribution in [0, 0.1) is 6.92 Å². The topological polar surface area (TPSA) is 87.6 Å². The number of aryl methyl sites for hydroxylation is 1. The van der Waals surface area contributed by atoms with E-state index in [0.717, 1.165) is 15.8 Å². The van der Waals surface area contributed by atoms with E-state index in [0.29, 0.717) is 34.0 Å². The molecule has 9 heteroatoms. The molecule has 4 aromatic heterocycles. The maximum Gasteiger partial charge on any atom is 0.283 e. The van der Waals surface area contributed by atoms with Gasteiger partial charge in [-0.2, -0.15) is 14.9 Å². The van der Waals surface area contributed by atoms with Gasteiger partial charge in [0.2, 0.25) is 5.13 Å². The Morgan fingerprint density at radius 2 is 1.71 bits per heavy atom. The van der Waals surface area contributed by atoms with Crippen LogP contribution in [0.4, 0.5) is 0 Å². The molecule has 4 heterocycles. The molecule has 6 aromatic rings. The van der Waals surface area contributed by atoms with Gasteiger partial charge in [-0.15, -0.1) is 0 Å². The molecule has 2 aromatic carbocycles. The summed E-state index contributed by atoms with van der Waals surface area (Å²) < 4.78 is 6.01. The molecule has 0 aliphatic rings. The van der Waals surface area contributed by atoms with E-state index >= 15 is 0 Å². The standard InChI is InChI=1S/C26H20N6O2S/c1-17-24-21(14-23(33)30(17)16-19-10-7-13-27-29-19)31(15-18-8-3-2-4-9-18)32(25(24)34)26-28-20-11-5-6-12-22(20)35-26/h2-14H,15-16H2,1H3. The highest BCUT2D eigenvalue weighted by Gasteiger charge is 2.22. The molecule has 0 unspecified atom stereocenters. The quantitative estimate of drug-likeness (QED) is 0.375. The fraction of sp³-hybridized carbons (Fsp3) is 0.115. The third-order valence-corrected chi connectivity index (χ3v) is 7.07. The minimum atomic E-state index is -0.208. The van der Waals surface area contributed by atoms with Crippen molar-refractivity contribution in [2.45, 2.75) is 20.0 Å². The largest absolute Gasteiger partial charge is 0.306 e. The van der Waals surface area contributed by atoms with Gasteiger partial charge in [0, 0.05) is 18.0 Å². The molecule has 0 spiro atoms. The third-order valence-electron chi connectivity index (χ3n) is 6.06. The van der Waals surface area contributed by atoms with Crippen molar-refractivity contribution < 1.29 is 0 Å². The summed E-state index contributed by atoms with van der Waals surface area (Å²) in [6.07, 6.45) is 1.59. The van der Waals surface area contributed by atoms with Crippen molar-refractivity contribution in [3.8, 4) is 5.13 Å². The lowest BCUT2D eigenvalue weighted by atomic mass is 10.2. The Labute approximate surface area is 203 Å². The minimum absolute atomic E-state index is 0.205. The molecule has 0 atom stereocenters. The van der Waals surface area contributed by atoms with E-state index in [4.69, 9.17) is 4.98 Å². The van der Waals surface area contributed by atoms with Gasteiger partial charge in [-0.05, 0) is 36.8 Å². The van der Waals surface area contributed by atoms with E-state index in [1.807, 2.05) is 65.3 Å². The predicted molar refractivity (Wildman–Crippen MR) is 136 cm³/mol. The van der Waals surface area contributed by atoms with Crippen molar-refractivity contribution in [3.05, 3.63) is 117 Å². The molecule has 0 saturated carbocycles. The van der Waals surface area contributed by atoms with Crippen molar-refractivity contribution in [3.63, 3.8) is 0 Å². The number of thiazole rings is 1. The molecule has 172 valence electrons. The second-order valence-corrected chi connectivity index (χ2v) is 9.26. The van der Waals surface area contributed by atoms with Crippen LogP contribution in [0.3, 0.4) is 0 Å². The summed E-state index contributed by atoms with van der Waals surface area (Å²) >= 11 is 1.45. The highest BCUT2D eigenvalue weighted by atomic mass is 32.1. The number of aromatic nitrogens is 6. The van der Waals surface area contributed by atoms with Gasteiger partial charge in [-0.3, -0.25) is 14.3 Å². The zero-order valence-corrected chi connectivity index (χ0v) is 19.6. The van der Waals surface area contributed by atoms with Crippen LogP contribution in [0.15, 0.2) is 88.6 Å². The molecule has 0 saturated heterocycles. The first-order valence-electron chi connectivity index (χ1n) is 11.1. The molecular formula is C26H20N6O2S. The average molecular weight is 481 g/mol. The second kappa shape index (κ2) is 8.44. The Morgan fingerprint density at radius 1 is 0.914 bits per heavy atom. The number of nitrogens with zero attached hydrogens (tertiary/aromatic N) is 6. The number of benzene rings is 2. The lowest BCUT2D eigenvalue weighted by molar-refractivity contribution is 0.610. The van der Waals surface area contributed by atoms with Crippen molar-refractivity contribution >= 4 is 32.5 Å². The van der Waals surface area contributed by atoms with Gasteiger partial charge in [-0.25, -0.2) is 4.98 Å². The monoisotopic (exact) mass is 480 g/mol. The van der Waals surface area contributed by atoms with Crippen LogP contribution >= 0.6 is 11.3 Å². The number of para-hydroxylation sites is 1. The molecule has 6 rings (SSSR count). The number of hydrogen-bond donors (Lipinski definition) is 0. The van der Waals surface area contributed by atoms with Crippen LogP contribution in [0.5, 0.6) is 0 Å². The summed E-state index contributed by atoms with van der Waals surface area (Å²) in [7, 11) is 0. The summed E-state index contributed by atoms with van der Waals surface area (Å²) in [5.74, 6) is 0. The highest BCUT2D eigenvalue weighted by molar-refractivity contribution is 7.20. The van der Waals surface area contributed by atoms with E-state index in [2.05, 4.69) is 10.2 Å². The van der Waals surface area contributed by atoms with Crippen molar-refractivity contribution in [1.29, 1.82) is 0 Å². The van der Waals surface area contributed by atoms with Gasteiger partial charge >= 0.3 is 0 Å².